The monoisotopic (exact) mass is 405 g/mol. The molecule has 8 heteroatoms. The minimum absolute atomic E-state index is 0.499. The van der Waals surface area contributed by atoms with Crippen LogP contribution in [0.15, 0.2) is 4.99 Å². The number of ether oxygens (including phenoxy) is 1. The third kappa shape index (κ3) is 6.96. The largest absolute Gasteiger partial charge is 0.383 e. The van der Waals surface area contributed by atoms with Gasteiger partial charge in [0.15, 0.2) is 5.96 Å². The maximum atomic E-state index is 5.19. The number of nitrogens with zero attached hydrogens (tertiary/aromatic N) is 5. The van der Waals surface area contributed by atoms with E-state index in [0.29, 0.717) is 6.04 Å². The molecule has 0 amide bonds. The molecule has 2 N–H and O–H groups in total. The van der Waals surface area contributed by atoms with Gasteiger partial charge in [0, 0.05) is 65.3 Å². The second-order valence-electron chi connectivity index (χ2n) is 8.11. The van der Waals surface area contributed by atoms with Crippen LogP contribution < -0.4 is 10.6 Å². The summed E-state index contributed by atoms with van der Waals surface area (Å²) >= 11 is 0. The fraction of sp³-hybridized carbons (Fsp3) is 0.857. The summed E-state index contributed by atoms with van der Waals surface area (Å²) in [5, 5.41) is 15.9. The maximum Gasteiger partial charge on any atom is 0.191 e. The minimum Gasteiger partial charge on any atom is -0.383 e. The number of hydrogen-bond donors (Lipinski definition) is 2. The lowest BCUT2D eigenvalue weighted by atomic mass is 10.1. The standard InChI is InChI=1S/C21H39N7O/c1-3-22-21(24-18-10-14-27(15-11-18)16-17-29-2)23-12-7-9-20-26-25-19-8-5-4-6-13-28(19)20/h18H,3-17H2,1-2H3,(H2,22,23,24). The van der Waals surface area contributed by atoms with Crippen LogP contribution in [0.1, 0.15) is 57.1 Å². The first-order valence-corrected chi connectivity index (χ1v) is 11.5. The highest BCUT2D eigenvalue weighted by atomic mass is 16.5. The smallest absolute Gasteiger partial charge is 0.191 e. The number of likely N-dealkylation sites (tertiary alicyclic amines) is 1. The Morgan fingerprint density at radius 1 is 1.17 bits per heavy atom. The predicted molar refractivity (Wildman–Crippen MR) is 116 cm³/mol. The number of guanidine groups is 1. The molecule has 3 rings (SSSR count). The summed E-state index contributed by atoms with van der Waals surface area (Å²) < 4.78 is 7.53. The van der Waals surface area contributed by atoms with Gasteiger partial charge in [0.25, 0.3) is 0 Å². The van der Waals surface area contributed by atoms with Crippen molar-refractivity contribution < 1.29 is 4.74 Å². The Labute approximate surface area is 175 Å². The topological polar surface area (TPSA) is 79.6 Å². The lowest BCUT2D eigenvalue weighted by Crippen LogP contribution is -2.49. The summed E-state index contributed by atoms with van der Waals surface area (Å²) in [5.74, 6) is 3.26. The van der Waals surface area contributed by atoms with Crippen LogP contribution in [0.5, 0.6) is 0 Å². The fourth-order valence-electron chi connectivity index (χ4n) is 4.19. The van der Waals surface area contributed by atoms with E-state index in [1.165, 1.54) is 25.1 Å². The molecule has 2 aliphatic heterocycles. The molecule has 1 aromatic rings. The number of aromatic nitrogens is 3. The molecule has 0 unspecified atom stereocenters. The lowest BCUT2D eigenvalue weighted by Gasteiger charge is -2.32. The molecule has 164 valence electrons. The van der Waals surface area contributed by atoms with Gasteiger partial charge in [-0.15, -0.1) is 10.2 Å². The zero-order valence-electron chi connectivity index (χ0n) is 18.3. The zero-order chi connectivity index (χ0) is 20.3. The van der Waals surface area contributed by atoms with Crippen LogP contribution >= 0.6 is 0 Å². The van der Waals surface area contributed by atoms with Gasteiger partial charge in [0.1, 0.15) is 11.6 Å². The molecule has 0 aliphatic carbocycles. The van der Waals surface area contributed by atoms with Crippen LogP contribution in [0, 0.1) is 0 Å². The Bertz CT molecular complexity index is 623. The zero-order valence-corrected chi connectivity index (χ0v) is 18.3. The van der Waals surface area contributed by atoms with Gasteiger partial charge in [-0.05, 0) is 39.0 Å². The quantitative estimate of drug-likeness (QED) is 0.369. The van der Waals surface area contributed by atoms with Crippen molar-refractivity contribution in [3.63, 3.8) is 0 Å². The van der Waals surface area contributed by atoms with Crippen molar-refractivity contribution in [1.29, 1.82) is 0 Å². The van der Waals surface area contributed by atoms with Crippen LogP contribution in [0.4, 0.5) is 0 Å². The van der Waals surface area contributed by atoms with Crippen LogP contribution in [0.25, 0.3) is 0 Å². The summed E-state index contributed by atoms with van der Waals surface area (Å²) in [6.07, 6.45) is 9.12. The number of hydrogen-bond acceptors (Lipinski definition) is 5. The average molecular weight is 406 g/mol. The van der Waals surface area contributed by atoms with E-state index < -0.39 is 0 Å². The molecule has 0 aromatic carbocycles. The van der Waals surface area contributed by atoms with Crippen LogP contribution in [0.2, 0.25) is 0 Å². The minimum atomic E-state index is 0.499. The van der Waals surface area contributed by atoms with Gasteiger partial charge < -0.3 is 24.8 Å². The molecular formula is C21H39N7O. The van der Waals surface area contributed by atoms with E-state index >= 15 is 0 Å². The number of aliphatic imine (C=N–C) groups is 1. The first kappa shape index (κ1) is 22.0. The number of piperidine rings is 1. The Hall–Kier alpha value is -1.67. The van der Waals surface area contributed by atoms with Crippen LogP contribution in [-0.2, 0) is 24.1 Å². The summed E-state index contributed by atoms with van der Waals surface area (Å²) in [5.41, 5.74) is 0. The Morgan fingerprint density at radius 3 is 2.83 bits per heavy atom. The van der Waals surface area contributed by atoms with Gasteiger partial charge in [0.05, 0.1) is 6.61 Å². The Kier molecular flexibility index (Phi) is 9.21. The first-order chi connectivity index (χ1) is 14.3. The normalized spacial score (nSPS) is 19.0. The molecule has 8 nitrogen and oxygen atoms in total. The average Bonchev–Trinajstić information content (AvgIpc) is 2.96. The SMILES string of the molecule is CCNC(=NCCCc1nnc2n1CCCCC2)NC1CCN(CCOC)CC1. The van der Waals surface area contributed by atoms with Gasteiger partial charge in [-0.3, -0.25) is 4.99 Å². The molecule has 1 fully saturated rings. The molecule has 1 saturated heterocycles. The third-order valence-electron chi connectivity index (χ3n) is 5.90. The van der Waals surface area contributed by atoms with Crippen molar-refractivity contribution >= 4 is 5.96 Å². The highest BCUT2D eigenvalue weighted by molar-refractivity contribution is 5.80. The number of aryl methyl sites for hydroxylation is 2. The van der Waals surface area contributed by atoms with E-state index in [1.54, 1.807) is 7.11 Å². The van der Waals surface area contributed by atoms with Crippen molar-refractivity contribution in [2.24, 2.45) is 4.99 Å². The molecule has 1 aromatic heterocycles. The first-order valence-electron chi connectivity index (χ1n) is 11.5. The van der Waals surface area contributed by atoms with Crippen molar-refractivity contribution in [2.45, 2.75) is 70.9 Å². The van der Waals surface area contributed by atoms with Gasteiger partial charge in [0.2, 0.25) is 0 Å². The van der Waals surface area contributed by atoms with Crippen LogP contribution in [0.3, 0.4) is 0 Å². The van der Waals surface area contributed by atoms with Crippen LogP contribution in [-0.4, -0.2) is 78.1 Å². The maximum absolute atomic E-state index is 5.19. The predicted octanol–water partition coefficient (Wildman–Crippen LogP) is 1.60. The van der Waals surface area contributed by atoms with E-state index in [1.807, 2.05) is 0 Å². The van der Waals surface area contributed by atoms with Crippen molar-refractivity contribution in [2.75, 3.05) is 46.4 Å². The molecule has 0 bridgehead atoms. The fourth-order valence-corrected chi connectivity index (χ4v) is 4.19. The van der Waals surface area contributed by atoms with E-state index in [9.17, 15) is 0 Å². The molecule has 2 aliphatic rings. The van der Waals surface area contributed by atoms with E-state index in [2.05, 4.69) is 37.2 Å². The Morgan fingerprint density at radius 2 is 2.03 bits per heavy atom. The molecule has 0 spiro atoms. The van der Waals surface area contributed by atoms with Crippen molar-refractivity contribution in [1.82, 2.24) is 30.3 Å². The number of rotatable bonds is 9. The van der Waals surface area contributed by atoms with Crippen molar-refractivity contribution in [3.8, 4) is 0 Å². The number of fused-ring (bicyclic) bond motifs is 1. The van der Waals surface area contributed by atoms with Gasteiger partial charge in [-0.2, -0.15) is 0 Å². The second-order valence-corrected chi connectivity index (χ2v) is 8.11. The second kappa shape index (κ2) is 12.1. The van der Waals surface area contributed by atoms with Gasteiger partial charge >= 0.3 is 0 Å². The van der Waals surface area contributed by atoms with E-state index in [4.69, 9.17) is 9.73 Å². The number of methoxy groups -OCH3 is 1. The summed E-state index contributed by atoms with van der Waals surface area (Å²) in [6.45, 7) is 8.99. The molecule has 0 radical (unpaired) electrons. The van der Waals surface area contributed by atoms with E-state index in [0.717, 1.165) is 89.8 Å². The third-order valence-corrected chi connectivity index (χ3v) is 5.90. The molecule has 3 heterocycles. The molecular weight excluding hydrogens is 366 g/mol. The Balaban J connectivity index is 1.42. The van der Waals surface area contributed by atoms with E-state index in [-0.39, 0.29) is 0 Å². The summed E-state index contributed by atoms with van der Waals surface area (Å²) in [7, 11) is 1.77. The highest BCUT2D eigenvalue weighted by Crippen LogP contribution is 2.15. The summed E-state index contributed by atoms with van der Waals surface area (Å²) in [4.78, 5) is 7.29. The number of nitrogens with one attached hydrogen (secondary N) is 2. The molecule has 29 heavy (non-hydrogen) atoms. The lowest BCUT2D eigenvalue weighted by molar-refractivity contribution is 0.128. The van der Waals surface area contributed by atoms with Gasteiger partial charge in [-0.1, -0.05) is 6.42 Å². The molecule has 0 saturated carbocycles. The van der Waals surface area contributed by atoms with Crippen molar-refractivity contribution in [3.05, 3.63) is 11.6 Å². The molecule has 0 atom stereocenters. The summed E-state index contributed by atoms with van der Waals surface area (Å²) in [6, 6.07) is 0.499. The van der Waals surface area contributed by atoms with Gasteiger partial charge in [-0.25, -0.2) is 0 Å². The highest BCUT2D eigenvalue weighted by Gasteiger charge is 2.19.